The maximum atomic E-state index is 12.0. The number of nitrogens with one attached hydrogen (secondary N) is 2. The molecule has 3 rings (SSSR count). The van der Waals surface area contributed by atoms with Crippen LogP contribution in [-0.2, 0) is 17.8 Å². The number of hydrogen-bond donors (Lipinski definition) is 2. The van der Waals surface area contributed by atoms with Gasteiger partial charge in [-0.25, -0.2) is 0 Å². The predicted molar refractivity (Wildman–Crippen MR) is 96.3 cm³/mol. The lowest BCUT2D eigenvalue weighted by molar-refractivity contribution is -0.126. The van der Waals surface area contributed by atoms with Crippen molar-refractivity contribution in [1.82, 2.24) is 15.5 Å². The lowest BCUT2D eigenvalue weighted by Crippen LogP contribution is -2.50. The predicted octanol–water partition coefficient (Wildman–Crippen LogP) is 1.92. The molecule has 2 N–H and O–H groups in total. The first-order chi connectivity index (χ1) is 9.74. The fraction of sp³-hybridized carbons (Fsp3) is 0.667. The fourth-order valence-electron chi connectivity index (χ4n) is 2.87. The molecular formula is C15H25Cl2N3OS. The van der Waals surface area contributed by atoms with Crippen molar-refractivity contribution in [3.8, 4) is 0 Å². The molecule has 0 aromatic carbocycles. The topological polar surface area (TPSA) is 44.4 Å². The lowest BCUT2D eigenvalue weighted by Gasteiger charge is -2.32. The first-order valence-corrected chi connectivity index (χ1v) is 8.38. The van der Waals surface area contributed by atoms with Gasteiger partial charge < -0.3 is 10.6 Å². The quantitative estimate of drug-likeness (QED) is 0.837. The zero-order valence-electron chi connectivity index (χ0n) is 12.8. The van der Waals surface area contributed by atoms with Crippen molar-refractivity contribution in [2.24, 2.45) is 11.8 Å². The van der Waals surface area contributed by atoms with Crippen LogP contribution in [-0.4, -0.2) is 43.5 Å². The number of hydrogen-bond acceptors (Lipinski definition) is 4. The van der Waals surface area contributed by atoms with Crippen molar-refractivity contribution in [1.29, 1.82) is 0 Å². The second-order valence-corrected chi connectivity index (χ2v) is 6.89. The van der Waals surface area contributed by atoms with Crippen LogP contribution < -0.4 is 10.6 Å². The van der Waals surface area contributed by atoms with Crippen LogP contribution in [0.2, 0.25) is 0 Å². The van der Waals surface area contributed by atoms with Gasteiger partial charge in [-0.2, -0.15) is 0 Å². The third kappa shape index (κ3) is 4.59. The van der Waals surface area contributed by atoms with Crippen molar-refractivity contribution in [2.75, 3.05) is 32.7 Å². The number of halogens is 2. The second-order valence-electron chi connectivity index (χ2n) is 5.89. The van der Waals surface area contributed by atoms with E-state index in [4.69, 9.17) is 0 Å². The molecule has 0 aliphatic carbocycles. The number of fused-ring (bicyclic) bond motifs is 1. The number of rotatable bonds is 5. The van der Waals surface area contributed by atoms with Crippen molar-refractivity contribution < 1.29 is 4.79 Å². The molecule has 1 atom stereocenters. The van der Waals surface area contributed by atoms with E-state index >= 15 is 0 Å². The number of amides is 1. The summed E-state index contributed by atoms with van der Waals surface area (Å²) in [5, 5.41) is 8.50. The van der Waals surface area contributed by atoms with Gasteiger partial charge in [-0.1, -0.05) is 6.92 Å². The smallest absolute Gasteiger partial charge is 0.223 e. The highest BCUT2D eigenvalue weighted by Gasteiger charge is 2.28. The molecule has 1 fully saturated rings. The summed E-state index contributed by atoms with van der Waals surface area (Å²) >= 11 is 1.87. The number of carbonyl (C=O) groups is 1. The summed E-state index contributed by atoms with van der Waals surface area (Å²) in [4.78, 5) is 16.0. The average Bonchev–Trinajstić information content (AvgIpc) is 2.83. The highest BCUT2D eigenvalue weighted by Crippen LogP contribution is 2.23. The van der Waals surface area contributed by atoms with Gasteiger partial charge in [0.05, 0.1) is 0 Å². The van der Waals surface area contributed by atoms with Gasteiger partial charge in [0.2, 0.25) is 5.91 Å². The zero-order chi connectivity index (χ0) is 13.9. The van der Waals surface area contributed by atoms with Crippen molar-refractivity contribution in [2.45, 2.75) is 19.9 Å². The van der Waals surface area contributed by atoms with E-state index in [2.05, 4.69) is 27.0 Å². The van der Waals surface area contributed by atoms with Gasteiger partial charge in [-0.3, -0.25) is 9.69 Å². The summed E-state index contributed by atoms with van der Waals surface area (Å²) in [5.74, 6) is 0.879. The fourth-order valence-corrected chi connectivity index (χ4v) is 3.76. The van der Waals surface area contributed by atoms with E-state index in [1.807, 2.05) is 18.3 Å². The standard InChI is InChI=1S/C15H23N3OS.2ClH/c1-11(13-8-16-9-13)15(19)17-4-6-18-5-2-14-12(10-18)3-7-20-14;;/h3,7,11,13,16H,2,4-6,8-10H2,1H3,(H,17,19);2*1H. The normalized spacial score (nSPS) is 19.1. The van der Waals surface area contributed by atoms with Crippen molar-refractivity contribution >= 4 is 42.1 Å². The highest BCUT2D eigenvalue weighted by molar-refractivity contribution is 7.10. The van der Waals surface area contributed by atoms with E-state index in [-0.39, 0.29) is 36.6 Å². The van der Waals surface area contributed by atoms with E-state index in [9.17, 15) is 4.79 Å². The van der Waals surface area contributed by atoms with E-state index in [0.717, 1.165) is 45.7 Å². The maximum absolute atomic E-state index is 12.0. The third-order valence-corrected chi connectivity index (χ3v) is 5.57. The van der Waals surface area contributed by atoms with Crippen molar-refractivity contribution in [3.05, 3.63) is 21.9 Å². The minimum Gasteiger partial charge on any atom is -0.355 e. The average molecular weight is 366 g/mol. The van der Waals surface area contributed by atoms with Gasteiger partial charge >= 0.3 is 0 Å². The Morgan fingerprint density at radius 1 is 1.50 bits per heavy atom. The minimum absolute atomic E-state index is 0. The molecule has 2 aliphatic heterocycles. The van der Waals surface area contributed by atoms with Gasteiger partial charge in [0.1, 0.15) is 0 Å². The maximum Gasteiger partial charge on any atom is 0.223 e. The van der Waals surface area contributed by atoms with Gasteiger partial charge in [0, 0.05) is 37.0 Å². The van der Waals surface area contributed by atoms with Gasteiger partial charge in [-0.05, 0) is 42.4 Å². The molecule has 3 heterocycles. The van der Waals surface area contributed by atoms with Crippen LogP contribution in [0.4, 0.5) is 0 Å². The molecule has 126 valence electrons. The first kappa shape index (κ1) is 19.7. The lowest BCUT2D eigenvalue weighted by atomic mass is 9.88. The Kier molecular flexibility index (Phi) is 8.14. The molecule has 4 nitrogen and oxygen atoms in total. The molecule has 1 aromatic rings. The van der Waals surface area contributed by atoms with Crippen LogP contribution in [0.5, 0.6) is 0 Å². The molecule has 1 amide bonds. The SMILES string of the molecule is CC(C(=O)NCCN1CCc2sccc2C1)C1CNC1.Cl.Cl. The number of carbonyl (C=O) groups excluding carboxylic acids is 1. The summed E-state index contributed by atoms with van der Waals surface area (Å²) in [5.41, 5.74) is 1.47. The van der Waals surface area contributed by atoms with Crippen molar-refractivity contribution in [3.63, 3.8) is 0 Å². The van der Waals surface area contributed by atoms with Crippen LogP contribution in [0.15, 0.2) is 11.4 Å². The zero-order valence-corrected chi connectivity index (χ0v) is 15.3. The summed E-state index contributed by atoms with van der Waals surface area (Å²) in [6, 6.07) is 2.23. The monoisotopic (exact) mass is 365 g/mol. The first-order valence-electron chi connectivity index (χ1n) is 7.50. The summed E-state index contributed by atoms with van der Waals surface area (Å²) < 4.78 is 0. The third-order valence-electron chi connectivity index (χ3n) is 4.55. The molecule has 7 heteroatoms. The second kappa shape index (κ2) is 9.08. The molecule has 1 unspecified atom stereocenters. The largest absolute Gasteiger partial charge is 0.355 e. The molecule has 0 spiro atoms. The molecule has 1 saturated heterocycles. The van der Waals surface area contributed by atoms with Crippen LogP contribution >= 0.6 is 36.2 Å². The Morgan fingerprint density at radius 3 is 2.95 bits per heavy atom. The molecule has 0 bridgehead atoms. The minimum atomic E-state index is 0. The molecular weight excluding hydrogens is 341 g/mol. The Labute approximate surface area is 148 Å². The highest BCUT2D eigenvalue weighted by atomic mass is 35.5. The summed E-state index contributed by atoms with van der Waals surface area (Å²) in [7, 11) is 0. The van der Waals surface area contributed by atoms with E-state index < -0.39 is 0 Å². The van der Waals surface area contributed by atoms with Crippen LogP contribution in [0.3, 0.4) is 0 Å². The van der Waals surface area contributed by atoms with Crippen LogP contribution in [0.25, 0.3) is 0 Å². The molecule has 0 saturated carbocycles. The molecule has 2 aliphatic rings. The Morgan fingerprint density at radius 2 is 2.27 bits per heavy atom. The summed E-state index contributed by atoms with van der Waals surface area (Å²) in [6.07, 6.45) is 1.16. The van der Waals surface area contributed by atoms with Gasteiger partial charge in [0.25, 0.3) is 0 Å². The Hall–Kier alpha value is -0.330. The number of thiophene rings is 1. The Bertz CT molecular complexity index is 479. The van der Waals surface area contributed by atoms with Crippen LogP contribution in [0.1, 0.15) is 17.4 Å². The number of nitrogens with zero attached hydrogens (tertiary/aromatic N) is 1. The summed E-state index contributed by atoms with van der Waals surface area (Å²) in [6.45, 7) is 7.89. The molecule has 1 aromatic heterocycles. The molecule has 0 radical (unpaired) electrons. The van der Waals surface area contributed by atoms with Gasteiger partial charge in [0.15, 0.2) is 0 Å². The van der Waals surface area contributed by atoms with E-state index in [1.165, 1.54) is 10.4 Å². The van der Waals surface area contributed by atoms with E-state index in [1.54, 1.807) is 0 Å². The van der Waals surface area contributed by atoms with E-state index in [0.29, 0.717) is 5.92 Å². The van der Waals surface area contributed by atoms with Crippen LogP contribution in [0, 0.1) is 11.8 Å². The van der Waals surface area contributed by atoms with Gasteiger partial charge in [-0.15, -0.1) is 36.2 Å². The molecule has 22 heavy (non-hydrogen) atoms. The Balaban J connectivity index is 0.00000121.